The minimum absolute atomic E-state index is 0.183. The van der Waals surface area contributed by atoms with Gasteiger partial charge < -0.3 is 14.0 Å². The largest absolute Gasteiger partial charge is 0.497 e. The predicted molar refractivity (Wildman–Crippen MR) is 101 cm³/mol. The van der Waals surface area contributed by atoms with E-state index in [2.05, 4.69) is 41.0 Å². The van der Waals surface area contributed by atoms with Crippen molar-refractivity contribution in [1.29, 1.82) is 0 Å². The van der Waals surface area contributed by atoms with Crippen LogP contribution >= 0.6 is 0 Å². The molecular weight excluding hydrogens is 310 g/mol. The summed E-state index contributed by atoms with van der Waals surface area (Å²) in [6, 6.07) is 17.1. The van der Waals surface area contributed by atoms with E-state index in [0.717, 1.165) is 25.1 Å². The van der Waals surface area contributed by atoms with E-state index in [9.17, 15) is 0 Å². The number of benzene rings is 2. The van der Waals surface area contributed by atoms with Crippen molar-refractivity contribution in [3.63, 3.8) is 0 Å². The van der Waals surface area contributed by atoms with E-state index in [1.165, 1.54) is 40.6 Å². The van der Waals surface area contributed by atoms with Crippen LogP contribution in [-0.4, -0.2) is 18.8 Å². The first-order valence-corrected chi connectivity index (χ1v) is 9.07. The van der Waals surface area contributed by atoms with Crippen molar-refractivity contribution in [3.8, 4) is 5.75 Å². The molecule has 4 rings (SSSR count). The van der Waals surface area contributed by atoms with Crippen LogP contribution in [0.25, 0.3) is 10.9 Å². The molecule has 0 fully saturated rings. The molecule has 3 nitrogen and oxygen atoms in total. The van der Waals surface area contributed by atoms with Crippen molar-refractivity contribution in [2.75, 3.05) is 14.2 Å². The van der Waals surface area contributed by atoms with Crippen LogP contribution in [0.3, 0.4) is 0 Å². The summed E-state index contributed by atoms with van der Waals surface area (Å²) in [5.74, 6) is 0.898. The van der Waals surface area contributed by atoms with Crippen molar-refractivity contribution in [2.45, 2.75) is 38.3 Å². The molecular formula is C22H25NO2. The van der Waals surface area contributed by atoms with E-state index in [-0.39, 0.29) is 6.10 Å². The van der Waals surface area contributed by atoms with Gasteiger partial charge in [0.15, 0.2) is 0 Å². The molecule has 0 amide bonds. The molecule has 3 heteroatoms. The lowest BCUT2D eigenvalue weighted by Gasteiger charge is -2.19. The lowest BCUT2D eigenvalue weighted by Crippen LogP contribution is -2.11. The summed E-state index contributed by atoms with van der Waals surface area (Å²) in [5.41, 5.74) is 5.45. The molecule has 0 aliphatic heterocycles. The van der Waals surface area contributed by atoms with Gasteiger partial charge in [-0.05, 0) is 48.6 Å². The van der Waals surface area contributed by atoms with Crippen LogP contribution in [0.1, 0.15) is 42.2 Å². The zero-order chi connectivity index (χ0) is 17.2. The highest BCUT2D eigenvalue weighted by Gasteiger charge is 2.26. The molecule has 0 radical (unpaired) electrons. The standard InChI is InChI=1S/C22H25NO2/c1-24-17-13-11-16(12-14-17)15-23-20-9-5-3-7-18(20)19-8-4-6-10-21(25-2)22(19)23/h3,5,7,9,11-14,21H,4,6,8,10,15H2,1-2H3. The summed E-state index contributed by atoms with van der Waals surface area (Å²) >= 11 is 0. The summed E-state index contributed by atoms with van der Waals surface area (Å²) < 4.78 is 13.7. The van der Waals surface area contributed by atoms with Crippen LogP contribution < -0.4 is 4.74 Å². The monoisotopic (exact) mass is 335 g/mol. The molecule has 0 saturated carbocycles. The number of rotatable bonds is 4. The van der Waals surface area contributed by atoms with Crippen LogP contribution in [0.5, 0.6) is 5.75 Å². The van der Waals surface area contributed by atoms with E-state index in [1.807, 2.05) is 19.2 Å². The molecule has 1 atom stereocenters. The number of hydrogen-bond donors (Lipinski definition) is 0. The summed E-state index contributed by atoms with van der Waals surface area (Å²) in [6.07, 6.45) is 4.89. The Morgan fingerprint density at radius 3 is 2.56 bits per heavy atom. The quantitative estimate of drug-likeness (QED) is 0.618. The van der Waals surface area contributed by atoms with Gasteiger partial charge in [0, 0.05) is 24.6 Å². The van der Waals surface area contributed by atoms with E-state index in [4.69, 9.17) is 9.47 Å². The average molecular weight is 335 g/mol. The van der Waals surface area contributed by atoms with Crippen LogP contribution in [0.15, 0.2) is 48.5 Å². The van der Waals surface area contributed by atoms with E-state index >= 15 is 0 Å². The number of para-hydroxylation sites is 1. The molecule has 0 bridgehead atoms. The Bertz CT molecular complexity index is 864. The second-order valence-electron chi connectivity index (χ2n) is 6.79. The van der Waals surface area contributed by atoms with E-state index < -0.39 is 0 Å². The number of hydrogen-bond acceptors (Lipinski definition) is 2. The van der Waals surface area contributed by atoms with Gasteiger partial charge in [-0.2, -0.15) is 0 Å². The molecule has 1 aliphatic carbocycles. The number of fused-ring (bicyclic) bond motifs is 3. The van der Waals surface area contributed by atoms with Gasteiger partial charge in [-0.1, -0.05) is 36.8 Å². The molecule has 1 heterocycles. The first-order chi connectivity index (χ1) is 12.3. The van der Waals surface area contributed by atoms with Crippen LogP contribution in [0.4, 0.5) is 0 Å². The molecule has 0 N–H and O–H groups in total. The minimum atomic E-state index is 0.183. The average Bonchev–Trinajstić information content (AvgIpc) is 2.82. The topological polar surface area (TPSA) is 23.4 Å². The molecule has 1 unspecified atom stereocenters. The maximum Gasteiger partial charge on any atom is 0.118 e. The molecule has 1 aliphatic rings. The molecule has 25 heavy (non-hydrogen) atoms. The number of nitrogens with zero attached hydrogens (tertiary/aromatic N) is 1. The molecule has 130 valence electrons. The first-order valence-electron chi connectivity index (χ1n) is 9.07. The van der Waals surface area contributed by atoms with Crippen molar-refractivity contribution in [2.24, 2.45) is 0 Å². The van der Waals surface area contributed by atoms with Gasteiger partial charge in [0.1, 0.15) is 5.75 Å². The number of aryl methyl sites for hydroxylation is 1. The van der Waals surface area contributed by atoms with Gasteiger partial charge in [-0.3, -0.25) is 0 Å². The highest BCUT2D eigenvalue weighted by atomic mass is 16.5. The summed E-state index contributed by atoms with van der Waals surface area (Å²) in [6.45, 7) is 0.861. The number of methoxy groups -OCH3 is 2. The zero-order valence-corrected chi connectivity index (χ0v) is 15.0. The second kappa shape index (κ2) is 6.93. The van der Waals surface area contributed by atoms with Crippen molar-refractivity contribution in [1.82, 2.24) is 4.57 Å². The van der Waals surface area contributed by atoms with Gasteiger partial charge >= 0.3 is 0 Å². The lowest BCUT2D eigenvalue weighted by atomic mass is 10.1. The first kappa shape index (κ1) is 16.2. The Hall–Kier alpha value is -2.26. The second-order valence-corrected chi connectivity index (χ2v) is 6.79. The Balaban J connectivity index is 1.85. The smallest absolute Gasteiger partial charge is 0.118 e. The molecule has 1 aromatic heterocycles. The minimum Gasteiger partial charge on any atom is -0.497 e. The van der Waals surface area contributed by atoms with E-state index in [1.54, 1.807) is 7.11 Å². The summed E-state index contributed by atoms with van der Waals surface area (Å²) in [7, 11) is 3.55. The Morgan fingerprint density at radius 1 is 1.00 bits per heavy atom. The maximum atomic E-state index is 5.90. The van der Waals surface area contributed by atoms with Gasteiger partial charge in [-0.15, -0.1) is 0 Å². The predicted octanol–water partition coefficient (Wildman–Crippen LogP) is 5.11. The number of aromatic nitrogens is 1. The normalized spacial score (nSPS) is 17.3. The zero-order valence-electron chi connectivity index (χ0n) is 15.0. The molecule has 0 saturated heterocycles. The van der Waals surface area contributed by atoms with Gasteiger partial charge in [0.25, 0.3) is 0 Å². The summed E-state index contributed by atoms with van der Waals surface area (Å²) in [5, 5.41) is 1.38. The third-order valence-corrected chi connectivity index (χ3v) is 5.35. The van der Waals surface area contributed by atoms with Crippen LogP contribution in [-0.2, 0) is 17.7 Å². The van der Waals surface area contributed by atoms with Crippen LogP contribution in [0.2, 0.25) is 0 Å². The fourth-order valence-corrected chi connectivity index (χ4v) is 4.11. The van der Waals surface area contributed by atoms with Gasteiger partial charge in [-0.25, -0.2) is 0 Å². The highest BCUT2D eigenvalue weighted by molar-refractivity contribution is 5.86. The SMILES string of the molecule is COc1ccc(Cn2c3c(c4ccccc42)CCCCC3OC)cc1. The Labute approximate surface area is 149 Å². The third kappa shape index (κ3) is 2.93. The van der Waals surface area contributed by atoms with Crippen molar-refractivity contribution < 1.29 is 9.47 Å². The molecule has 0 spiro atoms. The fourth-order valence-electron chi connectivity index (χ4n) is 4.11. The molecule has 3 aromatic rings. The van der Waals surface area contributed by atoms with Gasteiger partial charge in [0.05, 0.1) is 18.9 Å². The fraction of sp³-hybridized carbons (Fsp3) is 0.364. The third-order valence-electron chi connectivity index (χ3n) is 5.35. The highest BCUT2D eigenvalue weighted by Crippen LogP contribution is 2.38. The summed E-state index contributed by atoms with van der Waals surface area (Å²) in [4.78, 5) is 0. The lowest BCUT2D eigenvalue weighted by molar-refractivity contribution is 0.0892. The Kier molecular flexibility index (Phi) is 4.50. The Morgan fingerprint density at radius 2 is 1.80 bits per heavy atom. The van der Waals surface area contributed by atoms with Gasteiger partial charge in [0.2, 0.25) is 0 Å². The van der Waals surface area contributed by atoms with Crippen LogP contribution in [0, 0.1) is 0 Å². The van der Waals surface area contributed by atoms with E-state index in [0.29, 0.717) is 0 Å². The molecule has 2 aromatic carbocycles. The maximum absolute atomic E-state index is 5.90. The van der Waals surface area contributed by atoms with Crippen molar-refractivity contribution in [3.05, 3.63) is 65.4 Å². The number of ether oxygens (including phenoxy) is 2. The van der Waals surface area contributed by atoms with Crippen molar-refractivity contribution >= 4 is 10.9 Å².